The number of para-hydroxylation sites is 1. The largest absolute Gasteiger partial charge is 0.461 e. The van der Waals surface area contributed by atoms with E-state index in [2.05, 4.69) is 12.2 Å². The molecule has 0 aromatic heterocycles. The Hall–Kier alpha value is -1.22. The lowest BCUT2D eigenvalue weighted by Gasteiger charge is -2.24. The zero-order valence-electron chi connectivity index (χ0n) is 12.8. The topological polar surface area (TPSA) is 38.3 Å². The molecule has 2 rings (SSSR count). The highest BCUT2D eigenvalue weighted by Gasteiger charge is 2.22. The van der Waals surface area contributed by atoms with Gasteiger partial charge in [0, 0.05) is 0 Å². The molecular weight excluding hydrogens is 286 g/mol. The lowest BCUT2D eigenvalue weighted by molar-refractivity contribution is -0.151. The first kappa shape index (κ1) is 16.2. The highest BCUT2D eigenvalue weighted by Crippen LogP contribution is 2.27. The number of anilines is 1. The molecule has 0 radical (unpaired) electrons. The van der Waals surface area contributed by atoms with Crippen molar-refractivity contribution in [1.82, 2.24) is 0 Å². The van der Waals surface area contributed by atoms with Crippen molar-refractivity contribution in [3.8, 4) is 0 Å². The number of nitrogens with one attached hydrogen (secondary N) is 1. The highest BCUT2D eigenvalue weighted by molar-refractivity contribution is 6.33. The molecule has 1 aromatic rings. The minimum absolute atomic E-state index is 0.0902. The third kappa shape index (κ3) is 4.37. The number of ether oxygens (including phenoxy) is 1. The fourth-order valence-electron chi connectivity index (χ4n) is 2.75. The molecule has 1 aromatic carbocycles. The van der Waals surface area contributed by atoms with Gasteiger partial charge in [0.2, 0.25) is 0 Å². The van der Waals surface area contributed by atoms with Crippen LogP contribution in [0.1, 0.15) is 51.5 Å². The lowest BCUT2D eigenvalue weighted by atomic mass is 9.98. The van der Waals surface area contributed by atoms with Gasteiger partial charge in [0.05, 0.1) is 10.7 Å². The molecule has 0 amide bonds. The van der Waals surface area contributed by atoms with E-state index in [1.54, 1.807) is 0 Å². The number of carbonyl (C=O) groups is 1. The van der Waals surface area contributed by atoms with E-state index in [9.17, 15) is 4.79 Å². The Balaban J connectivity index is 1.97. The number of rotatable bonds is 5. The summed E-state index contributed by atoms with van der Waals surface area (Å²) in [6, 6.07) is 5.39. The van der Waals surface area contributed by atoms with Crippen LogP contribution in [0.5, 0.6) is 0 Å². The second-order valence-electron chi connectivity index (χ2n) is 5.69. The van der Waals surface area contributed by atoms with E-state index in [1.165, 1.54) is 6.42 Å². The van der Waals surface area contributed by atoms with Crippen LogP contribution in [0.15, 0.2) is 18.2 Å². The van der Waals surface area contributed by atoms with Gasteiger partial charge in [-0.1, -0.05) is 37.1 Å². The quantitative estimate of drug-likeness (QED) is 0.809. The molecule has 0 heterocycles. The van der Waals surface area contributed by atoms with Crippen LogP contribution >= 0.6 is 11.6 Å². The van der Waals surface area contributed by atoms with Crippen LogP contribution in [-0.2, 0) is 16.0 Å². The first-order valence-corrected chi connectivity index (χ1v) is 8.24. The van der Waals surface area contributed by atoms with Crippen molar-refractivity contribution < 1.29 is 9.53 Å². The maximum atomic E-state index is 12.2. The van der Waals surface area contributed by atoms with Gasteiger partial charge in [-0.25, -0.2) is 4.79 Å². The molecule has 1 N–H and O–H groups in total. The Kier molecular flexibility index (Phi) is 5.92. The average molecular weight is 310 g/mol. The zero-order valence-corrected chi connectivity index (χ0v) is 13.6. The molecule has 4 heteroatoms. The summed E-state index contributed by atoms with van der Waals surface area (Å²) in [4.78, 5) is 12.2. The normalized spacial score (nSPS) is 17.3. The minimum Gasteiger partial charge on any atom is -0.461 e. The van der Waals surface area contributed by atoms with Gasteiger partial charge < -0.3 is 10.1 Å². The lowest BCUT2D eigenvalue weighted by Crippen LogP contribution is -2.32. The maximum Gasteiger partial charge on any atom is 0.328 e. The fraction of sp³-hybridized carbons (Fsp3) is 0.588. The third-order valence-corrected chi connectivity index (χ3v) is 4.35. The highest BCUT2D eigenvalue weighted by atomic mass is 35.5. The standard InChI is InChI=1S/C17H24ClNO2/c1-3-13-8-7-11-15(18)16(13)19-12(2)17(20)21-14-9-5-4-6-10-14/h7-8,11-12,14,19H,3-6,9-10H2,1-2H3. The smallest absolute Gasteiger partial charge is 0.328 e. The summed E-state index contributed by atoms with van der Waals surface area (Å²) in [6.45, 7) is 3.90. The van der Waals surface area contributed by atoms with E-state index in [1.807, 2.05) is 25.1 Å². The van der Waals surface area contributed by atoms with Crippen molar-refractivity contribution in [2.75, 3.05) is 5.32 Å². The van der Waals surface area contributed by atoms with Crippen LogP contribution in [0.4, 0.5) is 5.69 Å². The summed E-state index contributed by atoms with van der Waals surface area (Å²) in [5.41, 5.74) is 1.95. The molecule has 116 valence electrons. The van der Waals surface area contributed by atoms with E-state index < -0.39 is 6.04 Å². The van der Waals surface area contributed by atoms with Gasteiger partial charge in [-0.2, -0.15) is 0 Å². The van der Waals surface area contributed by atoms with Crippen LogP contribution in [0.2, 0.25) is 5.02 Å². The van der Waals surface area contributed by atoms with E-state index in [0.29, 0.717) is 5.02 Å². The number of halogens is 1. The van der Waals surface area contributed by atoms with Gasteiger partial charge in [-0.3, -0.25) is 0 Å². The molecule has 21 heavy (non-hydrogen) atoms. The van der Waals surface area contributed by atoms with Crippen molar-refractivity contribution in [3.63, 3.8) is 0 Å². The number of hydrogen-bond donors (Lipinski definition) is 1. The van der Waals surface area contributed by atoms with E-state index in [-0.39, 0.29) is 12.1 Å². The second kappa shape index (κ2) is 7.69. The minimum atomic E-state index is -0.392. The van der Waals surface area contributed by atoms with Crippen molar-refractivity contribution in [1.29, 1.82) is 0 Å². The van der Waals surface area contributed by atoms with Crippen LogP contribution in [0.3, 0.4) is 0 Å². The van der Waals surface area contributed by atoms with Gasteiger partial charge >= 0.3 is 5.97 Å². The Morgan fingerprint density at radius 1 is 1.38 bits per heavy atom. The van der Waals surface area contributed by atoms with Crippen LogP contribution in [0.25, 0.3) is 0 Å². The molecule has 1 unspecified atom stereocenters. The molecule has 1 atom stereocenters. The molecule has 1 saturated carbocycles. The van der Waals surface area contributed by atoms with E-state index >= 15 is 0 Å². The first-order valence-electron chi connectivity index (χ1n) is 7.86. The van der Waals surface area contributed by atoms with Crippen LogP contribution in [0, 0.1) is 0 Å². The first-order chi connectivity index (χ1) is 10.1. The summed E-state index contributed by atoms with van der Waals surface area (Å²) in [5, 5.41) is 3.86. The van der Waals surface area contributed by atoms with Crippen LogP contribution in [-0.4, -0.2) is 18.1 Å². The van der Waals surface area contributed by atoms with E-state index in [4.69, 9.17) is 16.3 Å². The molecule has 0 spiro atoms. The third-order valence-electron chi connectivity index (χ3n) is 4.03. The predicted octanol–water partition coefficient (Wildman–Crippen LogP) is 4.58. The zero-order chi connectivity index (χ0) is 15.2. The van der Waals surface area contributed by atoms with Crippen molar-refractivity contribution >= 4 is 23.3 Å². The number of carbonyl (C=O) groups excluding carboxylic acids is 1. The molecular formula is C17H24ClNO2. The number of hydrogen-bond acceptors (Lipinski definition) is 3. The van der Waals surface area contributed by atoms with Crippen molar-refractivity contribution in [2.24, 2.45) is 0 Å². The van der Waals surface area contributed by atoms with Gasteiger partial charge in [0.25, 0.3) is 0 Å². The summed E-state index contributed by atoms with van der Waals surface area (Å²) < 4.78 is 5.59. The van der Waals surface area contributed by atoms with E-state index in [0.717, 1.165) is 43.4 Å². The van der Waals surface area contributed by atoms with Gasteiger partial charge in [0.1, 0.15) is 12.1 Å². The molecule has 1 fully saturated rings. The maximum absolute atomic E-state index is 12.2. The number of esters is 1. The summed E-state index contributed by atoms with van der Waals surface area (Å²) in [7, 11) is 0. The summed E-state index contributed by atoms with van der Waals surface area (Å²) in [5.74, 6) is -0.191. The average Bonchev–Trinajstić information content (AvgIpc) is 2.50. The molecule has 3 nitrogen and oxygen atoms in total. The number of benzene rings is 1. The van der Waals surface area contributed by atoms with Crippen LogP contribution < -0.4 is 5.32 Å². The summed E-state index contributed by atoms with van der Waals surface area (Å²) in [6.07, 6.45) is 6.51. The molecule has 1 aliphatic rings. The Morgan fingerprint density at radius 3 is 2.76 bits per heavy atom. The fourth-order valence-corrected chi connectivity index (χ4v) is 3.00. The van der Waals surface area contributed by atoms with Crippen molar-refractivity contribution in [2.45, 2.75) is 64.5 Å². The van der Waals surface area contributed by atoms with Gasteiger partial charge in [0.15, 0.2) is 0 Å². The predicted molar refractivity (Wildman–Crippen MR) is 86.9 cm³/mol. The Morgan fingerprint density at radius 2 is 2.10 bits per heavy atom. The summed E-state index contributed by atoms with van der Waals surface area (Å²) >= 11 is 6.23. The second-order valence-corrected chi connectivity index (χ2v) is 6.10. The molecule has 0 saturated heterocycles. The Labute approximate surface area is 132 Å². The number of aryl methyl sites for hydroxylation is 1. The molecule has 1 aliphatic carbocycles. The SMILES string of the molecule is CCc1cccc(Cl)c1NC(C)C(=O)OC1CCCCC1. The Bertz CT molecular complexity index is 484. The molecule has 0 bridgehead atoms. The van der Waals surface area contributed by atoms with Crippen molar-refractivity contribution in [3.05, 3.63) is 28.8 Å². The monoisotopic (exact) mass is 309 g/mol. The van der Waals surface area contributed by atoms with Gasteiger partial charge in [-0.05, 0) is 50.7 Å². The molecule has 0 aliphatic heterocycles. The van der Waals surface area contributed by atoms with Gasteiger partial charge in [-0.15, -0.1) is 0 Å².